The van der Waals surface area contributed by atoms with Crippen LogP contribution in [0.2, 0.25) is 0 Å². The first-order chi connectivity index (χ1) is 7.69. The van der Waals surface area contributed by atoms with Crippen molar-refractivity contribution in [3.63, 3.8) is 0 Å². The molecule has 0 aliphatic carbocycles. The van der Waals surface area contributed by atoms with E-state index < -0.39 is 0 Å². The fourth-order valence-corrected chi connectivity index (χ4v) is 1.56. The van der Waals surface area contributed by atoms with Crippen LogP contribution in [0.25, 0.3) is 0 Å². The third-order valence-electron chi connectivity index (χ3n) is 2.53. The van der Waals surface area contributed by atoms with E-state index in [9.17, 15) is 4.79 Å². The van der Waals surface area contributed by atoms with Crippen molar-refractivity contribution < 1.29 is 4.79 Å². The van der Waals surface area contributed by atoms with Crippen LogP contribution in [-0.2, 0) is 4.79 Å². The number of carbonyl (C=O) groups excluding carboxylic acids is 1. The lowest BCUT2D eigenvalue weighted by atomic mass is 10.2. The van der Waals surface area contributed by atoms with Crippen LogP contribution in [0.4, 0.5) is 5.69 Å². The Morgan fingerprint density at radius 3 is 2.44 bits per heavy atom. The van der Waals surface area contributed by atoms with E-state index in [2.05, 4.69) is 0 Å². The molecule has 0 aliphatic heterocycles. The average molecular weight is 220 g/mol. The molecule has 16 heavy (non-hydrogen) atoms. The van der Waals surface area contributed by atoms with Crippen LogP contribution in [0.15, 0.2) is 24.3 Å². The summed E-state index contributed by atoms with van der Waals surface area (Å²) >= 11 is 0. The van der Waals surface area contributed by atoms with Gasteiger partial charge >= 0.3 is 0 Å². The van der Waals surface area contributed by atoms with Gasteiger partial charge < -0.3 is 10.6 Å². The number of aryl methyl sites for hydroxylation is 1. The van der Waals surface area contributed by atoms with Crippen LogP contribution >= 0.6 is 0 Å². The van der Waals surface area contributed by atoms with Crippen molar-refractivity contribution in [1.29, 1.82) is 0 Å². The van der Waals surface area contributed by atoms with E-state index in [1.807, 2.05) is 43.0 Å². The number of hydrogen-bond acceptors (Lipinski definition) is 2. The summed E-state index contributed by atoms with van der Waals surface area (Å²) in [6.07, 6.45) is 1.36. The molecule has 88 valence electrons. The molecule has 0 aromatic heterocycles. The van der Waals surface area contributed by atoms with E-state index in [1.54, 1.807) is 0 Å². The zero-order valence-electron chi connectivity index (χ0n) is 10.1. The van der Waals surface area contributed by atoms with Crippen LogP contribution in [-0.4, -0.2) is 19.0 Å². The zero-order chi connectivity index (χ0) is 12.0. The molecule has 1 amide bonds. The van der Waals surface area contributed by atoms with Gasteiger partial charge in [0.25, 0.3) is 0 Å². The highest BCUT2D eigenvalue weighted by atomic mass is 16.2. The molecule has 0 radical (unpaired) electrons. The molecule has 1 rings (SSSR count). The molecule has 0 unspecified atom stereocenters. The van der Waals surface area contributed by atoms with Crippen molar-refractivity contribution in [3.8, 4) is 0 Å². The van der Waals surface area contributed by atoms with E-state index in [-0.39, 0.29) is 5.91 Å². The second kappa shape index (κ2) is 6.28. The number of hydrogen-bond donors (Lipinski definition) is 1. The number of carbonyl (C=O) groups is 1. The van der Waals surface area contributed by atoms with Gasteiger partial charge in [-0.25, -0.2) is 0 Å². The molecule has 3 nitrogen and oxygen atoms in total. The normalized spacial score (nSPS) is 10.2. The van der Waals surface area contributed by atoms with Crippen molar-refractivity contribution in [1.82, 2.24) is 0 Å². The second-order valence-corrected chi connectivity index (χ2v) is 3.88. The minimum atomic E-state index is 0.150. The van der Waals surface area contributed by atoms with E-state index in [1.165, 1.54) is 5.56 Å². The van der Waals surface area contributed by atoms with Crippen LogP contribution < -0.4 is 10.6 Å². The standard InChI is InChI=1S/C13H20N2O/c1-3-13(16)15(10-4-9-14)12-7-5-11(2)6-8-12/h5-8H,3-4,9-10,14H2,1-2H3. The van der Waals surface area contributed by atoms with Gasteiger partial charge in [-0.2, -0.15) is 0 Å². The summed E-state index contributed by atoms with van der Waals surface area (Å²) in [5, 5.41) is 0. The summed E-state index contributed by atoms with van der Waals surface area (Å²) in [4.78, 5) is 13.6. The molecule has 0 bridgehead atoms. The Morgan fingerprint density at radius 2 is 1.94 bits per heavy atom. The van der Waals surface area contributed by atoms with Gasteiger partial charge in [0.05, 0.1) is 0 Å². The van der Waals surface area contributed by atoms with E-state index in [4.69, 9.17) is 5.73 Å². The monoisotopic (exact) mass is 220 g/mol. The molecule has 0 spiro atoms. The maximum atomic E-state index is 11.8. The number of amides is 1. The number of rotatable bonds is 5. The highest BCUT2D eigenvalue weighted by molar-refractivity contribution is 5.93. The Bertz CT molecular complexity index is 332. The first-order valence-corrected chi connectivity index (χ1v) is 5.76. The zero-order valence-corrected chi connectivity index (χ0v) is 10.1. The Morgan fingerprint density at radius 1 is 1.31 bits per heavy atom. The lowest BCUT2D eigenvalue weighted by molar-refractivity contribution is -0.118. The summed E-state index contributed by atoms with van der Waals surface area (Å²) < 4.78 is 0. The molecule has 0 fully saturated rings. The summed E-state index contributed by atoms with van der Waals surface area (Å²) in [7, 11) is 0. The van der Waals surface area contributed by atoms with Gasteiger partial charge in [0.2, 0.25) is 5.91 Å². The minimum absolute atomic E-state index is 0.150. The van der Waals surface area contributed by atoms with E-state index in [0.717, 1.165) is 12.1 Å². The fraction of sp³-hybridized carbons (Fsp3) is 0.462. The van der Waals surface area contributed by atoms with Gasteiger partial charge in [0, 0.05) is 18.7 Å². The predicted octanol–water partition coefficient (Wildman–Crippen LogP) is 2.09. The Hall–Kier alpha value is -1.35. The van der Waals surface area contributed by atoms with Crippen LogP contribution in [0.5, 0.6) is 0 Å². The summed E-state index contributed by atoms with van der Waals surface area (Å²) in [5.41, 5.74) is 7.65. The molecule has 0 aliphatic rings. The molecule has 0 heterocycles. The highest BCUT2D eigenvalue weighted by Gasteiger charge is 2.12. The van der Waals surface area contributed by atoms with Crippen molar-refractivity contribution in [2.45, 2.75) is 26.7 Å². The maximum Gasteiger partial charge on any atom is 0.226 e. The molecular weight excluding hydrogens is 200 g/mol. The van der Waals surface area contributed by atoms with E-state index >= 15 is 0 Å². The Balaban J connectivity index is 2.82. The van der Waals surface area contributed by atoms with Crippen molar-refractivity contribution in [2.75, 3.05) is 18.0 Å². The van der Waals surface area contributed by atoms with Gasteiger partial charge in [0.15, 0.2) is 0 Å². The number of nitrogens with zero attached hydrogens (tertiary/aromatic N) is 1. The molecular formula is C13H20N2O. The Kier molecular flexibility index (Phi) is 4.99. The highest BCUT2D eigenvalue weighted by Crippen LogP contribution is 2.16. The Labute approximate surface area is 97.2 Å². The quantitative estimate of drug-likeness (QED) is 0.826. The third-order valence-corrected chi connectivity index (χ3v) is 2.53. The summed E-state index contributed by atoms with van der Waals surface area (Å²) in [6.45, 7) is 5.23. The average Bonchev–Trinajstić information content (AvgIpc) is 2.31. The summed E-state index contributed by atoms with van der Waals surface area (Å²) in [6, 6.07) is 8.01. The SMILES string of the molecule is CCC(=O)N(CCCN)c1ccc(C)cc1. The topological polar surface area (TPSA) is 46.3 Å². The fourth-order valence-electron chi connectivity index (χ4n) is 1.56. The van der Waals surface area contributed by atoms with E-state index in [0.29, 0.717) is 19.5 Å². The van der Waals surface area contributed by atoms with Crippen molar-refractivity contribution in [3.05, 3.63) is 29.8 Å². The summed E-state index contributed by atoms with van der Waals surface area (Å²) in [5.74, 6) is 0.150. The third kappa shape index (κ3) is 3.35. The minimum Gasteiger partial charge on any atom is -0.330 e. The number of nitrogens with two attached hydrogens (primary N) is 1. The van der Waals surface area contributed by atoms with Crippen LogP contribution in [0.1, 0.15) is 25.3 Å². The van der Waals surface area contributed by atoms with Gasteiger partial charge in [-0.1, -0.05) is 24.6 Å². The maximum absolute atomic E-state index is 11.8. The lowest BCUT2D eigenvalue weighted by Gasteiger charge is -2.22. The number of anilines is 1. The largest absolute Gasteiger partial charge is 0.330 e. The van der Waals surface area contributed by atoms with Gasteiger partial charge in [0.1, 0.15) is 0 Å². The predicted molar refractivity (Wildman–Crippen MR) is 67.5 cm³/mol. The van der Waals surface area contributed by atoms with Gasteiger partial charge in [-0.05, 0) is 32.0 Å². The van der Waals surface area contributed by atoms with Gasteiger partial charge in [-0.3, -0.25) is 4.79 Å². The van der Waals surface area contributed by atoms with Crippen molar-refractivity contribution in [2.24, 2.45) is 5.73 Å². The molecule has 3 heteroatoms. The molecule has 2 N–H and O–H groups in total. The molecule has 1 aromatic carbocycles. The molecule has 0 saturated heterocycles. The van der Waals surface area contributed by atoms with Crippen molar-refractivity contribution >= 4 is 11.6 Å². The first-order valence-electron chi connectivity index (χ1n) is 5.76. The second-order valence-electron chi connectivity index (χ2n) is 3.88. The molecule has 1 aromatic rings. The first kappa shape index (κ1) is 12.7. The number of benzene rings is 1. The molecule has 0 atom stereocenters. The smallest absolute Gasteiger partial charge is 0.226 e. The van der Waals surface area contributed by atoms with Crippen LogP contribution in [0, 0.1) is 6.92 Å². The molecule has 0 saturated carbocycles. The van der Waals surface area contributed by atoms with Gasteiger partial charge in [-0.15, -0.1) is 0 Å². The lowest BCUT2D eigenvalue weighted by Crippen LogP contribution is -2.32. The van der Waals surface area contributed by atoms with Crippen LogP contribution in [0.3, 0.4) is 0 Å².